The van der Waals surface area contributed by atoms with Crippen LogP contribution in [0.15, 0.2) is 18.3 Å². The molecule has 3 aliphatic heterocycles. The van der Waals surface area contributed by atoms with Crippen LogP contribution >= 0.6 is 0 Å². The molecule has 12 nitrogen and oxygen atoms in total. The van der Waals surface area contributed by atoms with Crippen molar-refractivity contribution in [2.75, 3.05) is 68.0 Å². The van der Waals surface area contributed by atoms with Crippen molar-refractivity contribution in [3.05, 3.63) is 35.3 Å². The Balaban J connectivity index is 0.969. The number of likely N-dealkylation sites (tertiary alicyclic amines) is 1. The van der Waals surface area contributed by atoms with E-state index in [-0.39, 0.29) is 53.8 Å². The maximum Gasteiger partial charge on any atom is 0.415 e. The number of aromatic nitrogens is 2. The fourth-order valence-electron chi connectivity index (χ4n) is 5.50. The van der Waals surface area contributed by atoms with Crippen LogP contribution in [0.3, 0.4) is 0 Å². The molecule has 0 radical (unpaired) electrons. The number of likely N-dealkylation sites (N-methyl/N-ethyl adjacent to an activating group) is 1. The molecule has 2 atom stereocenters. The summed E-state index contributed by atoms with van der Waals surface area (Å²) in [6.45, 7) is 3.76. The van der Waals surface area contributed by atoms with E-state index in [2.05, 4.69) is 25.5 Å². The predicted molar refractivity (Wildman–Crippen MR) is 143 cm³/mol. The number of hydrogen-bond acceptors (Lipinski definition) is 9. The van der Waals surface area contributed by atoms with Gasteiger partial charge in [0, 0.05) is 12.7 Å². The van der Waals surface area contributed by atoms with Crippen molar-refractivity contribution in [3.8, 4) is 5.88 Å². The van der Waals surface area contributed by atoms with E-state index in [0.29, 0.717) is 44.7 Å². The largest absolute Gasteiger partial charge is 0.465 e. The molecule has 6 rings (SSSR count). The average Bonchev–Trinajstić information content (AvgIpc) is 3.50. The Labute approximate surface area is 230 Å². The van der Waals surface area contributed by atoms with Gasteiger partial charge in [-0.3, -0.25) is 19.4 Å². The third-order valence-electron chi connectivity index (χ3n) is 7.89. The Morgan fingerprint density at radius 3 is 2.92 bits per heavy atom. The summed E-state index contributed by atoms with van der Waals surface area (Å²) in [6.07, 6.45) is 3.67. The third-order valence-corrected chi connectivity index (χ3v) is 7.89. The lowest BCUT2D eigenvalue weighted by molar-refractivity contribution is -0.120. The lowest BCUT2D eigenvalue weighted by Gasteiger charge is -2.31. The number of nitrogens with zero attached hydrogens (tertiary/aromatic N) is 5. The maximum absolute atomic E-state index is 14.9. The van der Waals surface area contributed by atoms with Gasteiger partial charge in [-0.05, 0) is 81.0 Å². The monoisotopic (exact) mass is 553 g/mol. The normalized spacial score (nSPS) is 21.7. The van der Waals surface area contributed by atoms with E-state index in [1.807, 2.05) is 6.07 Å². The molecule has 2 unspecified atom stereocenters. The molecule has 1 aromatic heterocycles. The molecule has 0 spiro atoms. The number of halogens is 1. The fraction of sp³-hybridized carbons (Fsp3) is 0.519. The van der Waals surface area contributed by atoms with Gasteiger partial charge in [-0.1, -0.05) is 0 Å². The number of nitrogens with one attached hydrogen (secondary N) is 2. The molecule has 4 heterocycles. The topological polar surface area (TPSA) is 129 Å². The second-order valence-electron chi connectivity index (χ2n) is 10.7. The molecule has 3 amide bonds. The van der Waals surface area contributed by atoms with E-state index >= 15 is 0 Å². The number of rotatable bonds is 9. The van der Waals surface area contributed by atoms with Gasteiger partial charge in [0.05, 0.1) is 19.3 Å². The van der Waals surface area contributed by atoms with Crippen molar-refractivity contribution < 1.29 is 28.2 Å². The molecule has 2 saturated heterocycles. The summed E-state index contributed by atoms with van der Waals surface area (Å²) in [6, 6.07) is 3.41. The highest BCUT2D eigenvalue weighted by molar-refractivity contribution is 5.95. The van der Waals surface area contributed by atoms with E-state index in [1.165, 1.54) is 17.2 Å². The minimum Gasteiger partial charge on any atom is -0.465 e. The zero-order valence-electron chi connectivity index (χ0n) is 22.3. The Morgan fingerprint density at radius 2 is 2.12 bits per heavy atom. The third kappa shape index (κ3) is 5.43. The van der Waals surface area contributed by atoms with Crippen molar-refractivity contribution in [3.63, 3.8) is 0 Å². The minimum absolute atomic E-state index is 0.0269. The van der Waals surface area contributed by atoms with Crippen LogP contribution in [0.2, 0.25) is 0 Å². The molecule has 1 aliphatic carbocycles. The maximum atomic E-state index is 14.9. The number of amides is 3. The molecular weight excluding hydrogens is 521 g/mol. The predicted octanol–water partition coefficient (Wildman–Crippen LogP) is 1.34. The van der Waals surface area contributed by atoms with E-state index in [1.54, 1.807) is 11.9 Å². The van der Waals surface area contributed by atoms with Crippen molar-refractivity contribution in [1.29, 1.82) is 0 Å². The van der Waals surface area contributed by atoms with Gasteiger partial charge >= 0.3 is 6.09 Å². The van der Waals surface area contributed by atoms with Crippen LogP contribution in [0.5, 0.6) is 5.88 Å². The van der Waals surface area contributed by atoms with E-state index in [4.69, 9.17) is 9.47 Å². The summed E-state index contributed by atoms with van der Waals surface area (Å²) in [7, 11) is 1.71. The first kappa shape index (κ1) is 26.4. The van der Waals surface area contributed by atoms with E-state index in [0.717, 1.165) is 37.1 Å². The van der Waals surface area contributed by atoms with Crippen LogP contribution in [0.1, 0.15) is 24.0 Å². The van der Waals surface area contributed by atoms with Crippen molar-refractivity contribution in [2.45, 2.75) is 31.8 Å². The number of cyclic esters (lactones) is 1. The lowest BCUT2D eigenvalue weighted by atomic mass is 10.1. The first-order chi connectivity index (χ1) is 19.3. The van der Waals surface area contributed by atoms with Crippen LogP contribution < -0.4 is 25.2 Å². The SMILES string of the molecule is CN(C(=O)CN1CCC1)c1cc(F)c2c(c1)CC(CNCCC1CN(c3cnc4c(n3)NC(=O)CO4)C(=O)O1)C2. The van der Waals surface area contributed by atoms with E-state index in [9.17, 15) is 18.8 Å². The first-order valence-electron chi connectivity index (χ1n) is 13.6. The summed E-state index contributed by atoms with van der Waals surface area (Å²) >= 11 is 0. The molecule has 40 heavy (non-hydrogen) atoms. The first-order valence-corrected chi connectivity index (χ1v) is 13.6. The fourth-order valence-corrected chi connectivity index (χ4v) is 5.50. The quantitative estimate of drug-likeness (QED) is 0.442. The van der Waals surface area contributed by atoms with Crippen molar-refractivity contribution in [1.82, 2.24) is 20.2 Å². The van der Waals surface area contributed by atoms with Gasteiger partial charge in [0.1, 0.15) is 11.9 Å². The average molecular weight is 554 g/mol. The smallest absolute Gasteiger partial charge is 0.415 e. The van der Waals surface area contributed by atoms with Crippen molar-refractivity contribution in [2.24, 2.45) is 5.92 Å². The highest BCUT2D eigenvalue weighted by Crippen LogP contribution is 2.33. The Morgan fingerprint density at radius 1 is 1.27 bits per heavy atom. The molecule has 0 bridgehead atoms. The lowest BCUT2D eigenvalue weighted by Crippen LogP contribution is -2.45. The summed E-state index contributed by atoms with van der Waals surface area (Å²) in [4.78, 5) is 50.0. The Kier molecular flexibility index (Phi) is 7.24. The molecule has 2 aromatic rings. The molecule has 1 aromatic carbocycles. The van der Waals surface area contributed by atoms with Crippen LogP contribution in [0.25, 0.3) is 0 Å². The zero-order chi connectivity index (χ0) is 27.8. The highest BCUT2D eigenvalue weighted by atomic mass is 19.1. The van der Waals surface area contributed by atoms with Gasteiger partial charge in [-0.15, -0.1) is 0 Å². The summed E-state index contributed by atoms with van der Waals surface area (Å²) in [5, 5.41) is 6.00. The standard InChI is InChI=1S/C27H32FN7O5/c1-33(24(37)14-34-5-2-6-34)18-9-17-7-16(8-20(17)21(28)10-18)11-29-4-3-19-13-35(27(38)40-19)22-12-30-26-25(31-22)32-23(36)15-39-26/h9-10,12,16,19,29H,2-8,11,13-15H2,1H3,(H,31,32,36). The number of fused-ring (bicyclic) bond motifs is 2. The number of hydrogen-bond donors (Lipinski definition) is 2. The molecule has 2 N–H and O–H groups in total. The molecule has 13 heteroatoms. The summed E-state index contributed by atoms with van der Waals surface area (Å²) in [5.41, 5.74) is 2.28. The molecule has 4 aliphatic rings. The molecule has 0 saturated carbocycles. The van der Waals surface area contributed by atoms with Gasteiger partial charge in [-0.25, -0.2) is 19.2 Å². The summed E-state index contributed by atoms with van der Waals surface area (Å²) < 4.78 is 25.7. The number of carbonyl (C=O) groups excluding carboxylic acids is 3. The van der Waals surface area contributed by atoms with Crippen LogP contribution in [-0.2, 0) is 27.2 Å². The number of ether oxygens (including phenoxy) is 2. The molecular formula is C27H32FN7O5. The van der Waals surface area contributed by atoms with Gasteiger partial charge in [-0.2, -0.15) is 0 Å². The van der Waals surface area contributed by atoms with Crippen molar-refractivity contribution >= 4 is 35.2 Å². The van der Waals surface area contributed by atoms with Gasteiger partial charge in [0.25, 0.3) is 11.8 Å². The Bertz CT molecular complexity index is 1340. The summed E-state index contributed by atoms with van der Waals surface area (Å²) in [5.74, 6) is 0.298. The van der Waals surface area contributed by atoms with Gasteiger partial charge in [0.2, 0.25) is 5.91 Å². The second-order valence-corrected chi connectivity index (χ2v) is 10.7. The number of anilines is 3. The Hall–Kier alpha value is -3.84. The van der Waals surface area contributed by atoms with Gasteiger partial charge in [0.15, 0.2) is 18.2 Å². The van der Waals surface area contributed by atoms with Crippen LogP contribution in [-0.4, -0.2) is 91.8 Å². The second kappa shape index (κ2) is 11.0. The van der Waals surface area contributed by atoms with E-state index < -0.39 is 6.09 Å². The number of carbonyl (C=O) groups is 3. The molecule has 212 valence electrons. The highest BCUT2D eigenvalue weighted by Gasteiger charge is 2.34. The van der Waals surface area contributed by atoms with Crippen LogP contribution in [0, 0.1) is 11.7 Å². The van der Waals surface area contributed by atoms with Gasteiger partial charge < -0.3 is 25.0 Å². The zero-order valence-corrected chi connectivity index (χ0v) is 22.3. The molecule has 2 fully saturated rings. The van der Waals surface area contributed by atoms with Crippen LogP contribution in [0.4, 0.5) is 26.5 Å². The minimum atomic E-state index is -0.520. The number of benzene rings is 1.